The summed E-state index contributed by atoms with van der Waals surface area (Å²) < 4.78 is 0. The molecule has 0 atom stereocenters. The Kier molecular flexibility index (Phi) is 3.64. The zero-order chi connectivity index (χ0) is 8.15. The molecule has 0 aliphatic rings. The Morgan fingerprint density at radius 1 is 1.40 bits per heavy atom. The summed E-state index contributed by atoms with van der Waals surface area (Å²) >= 11 is 0. The van der Waals surface area contributed by atoms with E-state index in [1.54, 1.807) is 0 Å². The third kappa shape index (κ3) is 4.03. The van der Waals surface area contributed by atoms with Crippen molar-refractivity contribution in [3.8, 4) is 0 Å². The summed E-state index contributed by atoms with van der Waals surface area (Å²) in [6.07, 6.45) is 0.204. The Morgan fingerprint density at radius 2 is 1.90 bits per heavy atom. The molecule has 0 aliphatic heterocycles. The first-order chi connectivity index (χ1) is 4.54. The summed E-state index contributed by atoms with van der Waals surface area (Å²) in [5, 5.41) is 9.24. The van der Waals surface area contributed by atoms with Gasteiger partial charge in [-0.1, -0.05) is 0 Å². The lowest BCUT2D eigenvalue weighted by molar-refractivity contribution is -0.163. The summed E-state index contributed by atoms with van der Waals surface area (Å²) in [6, 6.07) is 0. The molecular weight excluding hydrogens is 134 g/mol. The predicted molar refractivity (Wildman–Crippen MR) is 34.5 cm³/mol. The highest BCUT2D eigenvalue weighted by atomic mass is 16.5. The minimum absolute atomic E-state index is 0.0414. The number of Topliss-reactive ketones (excluding diaryl/α,β-unsaturated/α-hetero) is 1. The molecule has 0 fully saturated rings. The van der Waals surface area contributed by atoms with Crippen LogP contribution in [0.2, 0.25) is 0 Å². The second-order valence-electron chi connectivity index (χ2n) is 2.09. The summed E-state index contributed by atoms with van der Waals surface area (Å²) in [5.41, 5.74) is 0. The van der Waals surface area contributed by atoms with E-state index in [-0.39, 0.29) is 18.7 Å². The van der Waals surface area contributed by atoms with Gasteiger partial charge in [-0.15, -0.1) is 0 Å². The van der Waals surface area contributed by atoms with E-state index in [1.165, 1.54) is 13.8 Å². The van der Waals surface area contributed by atoms with E-state index >= 15 is 0 Å². The second-order valence-corrected chi connectivity index (χ2v) is 2.09. The maximum atomic E-state index is 10.3. The Bertz CT molecular complexity index is 144. The van der Waals surface area contributed by atoms with Gasteiger partial charge in [-0.2, -0.15) is 0 Å². The molecule has 0 aromatic rings. The van der Waals surface area contributed by atoms with Crippen molar-refractivity contribution in [2.24, 2.45) is 0 Å². The van der Waals surface area contributed by atoms with Crippen molar-refractivity contribution in [2.45, 2.75) is 20.3 Å². The summed E-state index contributed by atoms with van der Waals surface area (Å²) in [7, 11) is 0. The lowest BCUT2D eigenvalue weighted by Gasteiger charge is -2.09. The van der Waals surface area contributed by atoms with Crippen LogP contribution in [0, 0.1) is 0 Å². The highest BCUT2D eigenvalue weighted by molar-refractivity contribution is 5.77. The second kappa shape index (κ2) is 4.00. The fourth-order valence-electron chi connectivity index (χ4n) is 0.421. The molecule has 1 N–H and O–H groups in total. The fraction of sp³-hybridized carbons (Fsp3) is 0.667. The van der Waals surface area contributed by atoms with Crippen molar-refractivity contribution in [2.75, 3.05) is 6.54 Å². The standard InChI is InChI=1S/C6H11NO3/c1-5(8)3-4-7(10)6(2)9/h10H,3-4H2,1-2H3. The lowest BCUT2D eigenvalue weighted by atomic mass is 10.3. The average Bonchev–Trinajstić information content (AvgIpc) is 1.82. The van der Waals surface area contributed by atoms with Crippen LogP contribution in [0.1, 0.15) is 20.3 Å². The number of nitrogens with zero attached hydrogens (tertiary/aromatic N) is 1. The van der Waals surface area contributed by atoms with E-state index < -0.39 is 5.91 Å². The number of hydrogen-bond acceptors (Lipinski definition) is 3. The van der Waals surface area contributed by atoms with Crippen LogP contribution in [0.4, 0.5) is 0 Å². The largest absolute Gasteiger partial charge is 0.300 e. The summed E-state index contributed by atoms with van der Waals surface area (Å²) in [5.74, 6) is -0.485. The van der Waals surface area contributed by atoms with Crippen molar-refractivity contribution in [3.63, 3.8) is 0 Å². The average molecular weight is 145 g/mol. The normalized spacial score (nSPS) is 9.10. The molecule has 0 aromatic heterocycles. The number of hydroxylamine groups is 2. The summed E-state index contributed by atoms with van der Waals surface area (Å²) in [6.45, 7) is 2.73. The number of ketones is 1. The quantitative estimate of drug-likeness (QED) is 0.456. The highest BCUT2D eigenvalue weighted by Gasteiger charge is 2.04. The molecule has 0 unspecified atom stereocenters. The van der Waals surface area contributed by atoms with Crippen molar-refractivity contribution >= 4 is 11.7 Å². The molecule has 58 valence electrons. The van der Waals surface area contributed by atoms with Gasteiger partial charge in [0.1, 0.15) is 5.78 Å². The lowest BCUT2D eigenvalue weighted by Crippen LogP contribution is -2.26. The minimum Gasteiger partial charge on any atom is -0.300 e. The van der Waals surface area contributed by atoms with Crippen molar-refractivity contribution in [3.05, 3.63) is 0 Å². The van der Waals surface area contributed by atoms with E-state index in [2.05, 4.69) is 0 Å². The maximum absolute atomic E-state index is 10.3. The number of hydrogen-bond donors (Lipinski definition) is 1. The molecule has 0 saturated heterocycles. The Hall–Kier alpha value is -0.900. The molecule has 0 heterocycles. The van der Waals surface area contributed by atoms with Gasteiger partial charge in [0.05, 0.1) is 6.54 Å². The van der Waals surface area contributed by atoms with Crippen LogP contribution in [-0.4, -0.2) is 28.5 Å². The van der Waals surface area contributed by atoms with Gasteiger partial charge in [-0.05, 0) is 6.92 Å². The first-order valence-corrected chi connectivity index (χ1v) is 3.00. The Morgan fingerprint density at radius 3 is 2.20 bits per heavy atom. The first kappa shape index (κ1) is 9.10. The minimum atomic E-state index is -0.443. The van der Waals surface area contributed by atoms with Gasteiger partial charge in [-0.25, -0.2) is 5.06 Å². The van der Waals surface area contributed by atoms with E-state index in [4.69, 9.17) is 5.21 Å². The van der Waals surface area contributed by atoms with Crippen LogP contribution >= 0.6 is 0 Å². The van der Waals surface area contributed by atoms with Crippen molar-refractivity contribution < 1.29 is 14.8 Å². The smallest absolute Gasteiger partial charge is 0.242 e. The number of amides is 1. The SMILES string of the molecule is CC(=O)CCN(O)C(C)=O. The molecule has 4 heteroatoms. The van der Waals surface area contributed by atoms with Gasteiger partial charge in [0, 0.05) is 13.3 Å². The Balaban J connectivity index is 3.49. The van der Waals surface area contributed by atoms with Crippen molar-refractivity contribution in [1.29, 1.82) is 0 Å². The first-order valence-electron chi connectivity index (χ1n) is 3.00. The molecule has 10 heavy (non-hydrogen) atoms. The van der Waals surface area contributed by atoms with E-state index in [9.17, 15) is 9.59 Å². The van der Waals surface area contributed by atoms with Gasteiger partial charge in [-0.3, -0.25) is 14.8 Å². The number of rotatable bonds is 3. The summed E-state index contributed by atoms with van der Waals surface area (Å²) in [4.78, 5) is 20.6. The Labute approximate surface area is 59.4 Å². The van der Waals surface area contributed by atoms with Crippen LogP contribution in [0.5, 0.6) is 0 Å². The van der Waals surface area contributed by atoms with Gasteiger partial charge in [0.25, 0.3) is 0 Å². The van der Waals surface area contributed by atoms with Gasteiger partial charge in [0.2, 0.25) is 5.91 Å². The molecule has 1 amide bonds. The highest BCUT2D eigenvalue weighted by Crippen LogP contribution is 1.87. The monoisotopic (exact) mass is 145 g/mol. The van der Waals surface area contributed by atoms with Crippen LogP contribution < -0.4 is 0 Å². The number of carbonyl (C=O) groups excluding carboxylic acids is 2. The molecule has 4 nitrogen and oxygen atoms in total. The van der Waals surface area contributed by atoms with Crippen LogP contribution in [0.3, 0.4) is 0 Å². The van der Waals surface area contributed by atoms with E-state index in [1.807, 2.05) is 0 Å². The zero-order valence-electron chi connectivity index (χ0n) is 6.13. The van der Waals surface area contributed by atoms with Gasteiger partial charge in [0.15, 0.2) is 0 Å². The predicted octanol–water partition coefficient (Wildman–Crippen LogP) is 0.203. The molecule has 0 saturated carbocycles. The number of carbonyl (C=O) groups is 2. The van der Waals surface area contributed by atoms with Crippen LogP contribution in [0.15, 0.2) is 0 Å². The van der Waals surface area contributed by atoms with Crippen LogP contribution in [-0.2, 0) is 9.59 Å². The molecule has 0 rings (SSSR count). The topological polar surface area (TPSA) is 57.6 Å². The molecule has 0 bridgehead atoms. The van der Waals surface area contributed by atoms with Crippen molar-refractivity contribution in [1.82, 2.24) is 5.06 Å². The van der Waals surface area contributed by atoms with Crippen LogP contribution in [0.25, 0.3) is 0 Å². The van der Waals surface area contributed by atoms with Gasteiger partial charge < -0.3 is 0 Å². The molecule has 0 aromatic carbocycles. The molecule has 0 radical (unpaired) electrons. The molecule has 0 aliphatic carbocycles. The molecular formula is C6H11NO3. The van der Waals surface area contributed by atoms with Gasteiger partial charge >= 0.3 is 0 Å². The third-order valence-corrected chi connectivity index (χ3v) is 1.04. The molecule has 0 spiro atoms. The third-order valence-electron chi connectivity index (χ3n) is 1.04. The fourth-order valence-corrected chi connectivity index (χ4v) is 0.421. The van der Waals surface area contributed by atoms with E-state index in [0.717, 1.165) is 0 Å². The van der Waals surface area contributed by atoms with E-state index in [0.29, 0.717) is 5.06 Å². The maximum Gasteiger partial charge on any atom is 0.242 e. The zero-order valence-corrected chi connectivity index (χ0v) is 6.13.